The van der Waals surface area contributed by atoms with Gasteiger partial charge in [0.05, 0.1) is 29.7 Å². The number of ether oxygens (including phenoxy) is 1. The van der Waals surface area contributed by atoms with Gasteiger partial charge < -0.3 is 19.1 Å². The molecule has 0 amide bonds. The van der Waals surface area contributed by atoms with E-state index in [0.29, 0.717) is 29.8 Å². The van der Waals surface area contributed by atoms with E-state index in [9.17, 15) is 9.50 Å². The molecule has 5 rings (SSSR count). The standard InChI is InChI=1S/C31H35F2N5O2.C2H6/c1-19-8-7-14-38-28(19)23(27(35-38)30(39)31(2,3)4)13-15-40-29-22(10-11-24(32)26(29)33)20-9-12-25-34-16-21(18-36(5)6)37(25)17-20;1-2/h7-12,14,16-17,30,39H,13,15,18H2,1-6H3;1-2H3. The van der Waals surface area contributed by atoms with Crippen LogP contribution in [0.2, 0.25) is 0 Å². The van der Waals surface area contributed by atoms with E-state index in [1.807, 2.05) is 108 Å². The number of hydrogen-bond acceptors (Lipinski definition) is 5. The molecule has 0 radical (unpaired) electrons. The van der Waals surface area contributed by atoms with Crippen molar-refractivity contribution in [1.29, 1.82) is 0 Å². The van der Waals surface area contributed by atoms with Crippen LogP contribution in [0.1, 0.15) is 63.2 Å². The van der Waals surface area contributed by atoms with Crippen molar-refractivity contribution < 1.29 is 18.6 Å². The summed E-state index contributed by atoms with van der Waals surface area (Å²) in [6, 6.07) is 10.2. The van der Waals surface area contributed by atoms with Crippen molar-refractivity contribution in [3.8, 4) is 16.9 Å². The fourth-order valence-corrected chi connectivity index (χ4v) is 5.02. The van der Waals surface area contributed by atoms with Gasteiger partial charge in [-0.1, -0.05) is 40.7 Å². The Hall–Kier alpha value is -3.82. The van der Waals surface area contributed by atoms with Crippen LogP contribution >= 0.6 is 0 Å². The van der Waals surface area contributed by atoms with Crippen LogP contribution in [-0.2, 0) is 13.0 Å². The first-order chi connectivity index (χ1) is 20.0. The molecule has 42 heavy (non-hydrogen) atoms. The molecule has 0 bridgehead atoms. The third kappa shape index (κ3) is 6.17. The molecule has 5 aromatic rings. The maximum absolute atomic E-state index is 15.2. The third-order valence-electron chi connectivity index (χ3n) is 7.09. The second-order valence-corrected chi connectivity index (χ2v) is 11.6. The van der Waals surface area contributed by atoms with E-state index in [1.165, 1.54) is 6.07 Å². The summed E-state index contributed by atoms with van der Waals surface area (Å²) in [6.45, 7) is 12.6. The summed E-state index contributed by atoms with van der Waals surface area (Å²) in [7, 11) is 3.95. The van der Waals surface area contributed by atoms with E-state index in [4.69, 9.17) is 4.74 Å². The number of aliphatic hydroxyl groups is 1. The molecule has 9 heteroatoms. The molecule has 0 saturated carbocycles. The van der Waals surface area contributed by atoms with Crippen molar-refractivity contribution in [2.24, 2.45) is 5.41 Å². The van der Waals surface area contributed by atoms with Gasteiger partial charge in [0.25, 0.3) is 0 Å². The minimum Gasteiger partial charge on any atom is -0.489 e. The lowest BCUT2D eigenvalue weighted by Crippen LogP contribution is -2.20. The van der Waals surface area contributed by atoms with Gasteiger partial charge in [-0.3, -0.25) is 0 Å². The number of halogens is 2. The lowest BCUT2D eigenvalue weighted by atomic mass is 9.85. The van der Waals surface area contributed by atoms with Crippen molar-refractivity contribution in [3.63, 3.8) is 0 Å². The number of aliphatic hydroxyl groups excluding tert-OH is 1. The third-order valence-corrected chi connectivity index (χ3v) is 7.09. The Labute approximate surface area is 246 Å². The fourth-order valence-electron chi connectivity index (χ4n) is 5.02. The average molecular weight is 578 g/mol. The highest BCUT2D eigenvalue weighted by Crippen LogP contribution is 2.37. The lowest BCUT2D eigenvalue weighted by Gasteiger charge is -2.25. The maximum atomic E-state index is 15.2. The van der Waals surface area contributed by atoms with Crippen LogP contribution in [0.25, 0.3) is 22.3 Å². The van der Waals surface area contributed by atoms with Crippen molar-refractivity contribution in [2.45, 2.75) is 60.6 Å². The van der Waals surface area contributed by atoms with Crippen molar-refractivity contribution in [2.75, 3.05) is 20.7 Å². The maximum Gasteiger partial charge on any atom is 0.201 e. The molecule has 1 aromatic carbocycles. The first-order valence-electron chi connectivity index (χ1n) is 14.3. The van der Waals surface area contributed by atoms with E-state index < -0.39 is 23.2 Å². The highest BCUT2D eigenvalue weighted by Gasteiger charge is 2.30. The number of benzene rings is 1. The van der Waals surface area contributed by atoms with Gasteiger partial charge >= 0.3 is 0 Å². The van der Waals surface area contributed by atoms with Gasteiger partial charge in [0.2, 0.25) is 5.82 Å². The average Bonchev–Trinajstić information content (AvgIpc) is 3.52. The first-order valence-corrected chi connectivity index (χ1v) is 14.3. The van der Waals surface area contributed by atoms with E-state index in [0.717, 1.165) is 34.1 Å². The van der Waals surface area contributed by atoms with Gasteiger partial charge in [-0.25, -0.2) is 13.9 Å². The quantitative estimate of drug-likeness (QED) is 0.215. The van der Waals surface area contributed by atoms with Crippen LogP contribution < -0.4 is 4.74 Å². The van der Waals surface area contributed by atoms with Gasteiger partial charge in [-0.05, 0) is 62.3 Å². The summed E-state index contributed by atoms with van der Waals surface area (Å²) in [4.78, 5) is 6.49. The van der Waals surface area contributed by atoms with E-state index in [2.05, 4.69) is 10.1 Å². The summed E-state index contributed by atoms with van der Waals surface area (Å²) < 4.78 is 39.4. The predicted octanol–water partition coefficient (Wildman–Crippen LogP) is 7.02. The van der Waals surface area contributed by atoms with Crippen LogP contribution in [0.4, 0.5) is 8.78 Å². The predicted molar refractivity (Wildman–Crippen MR) is 163 cm³/mol. The molecule has 1 atom stereocenters. The Balaban J connectivity index is 0.00000198. The molecule has 1 N–H and O–H groups in total. The number of aryl methyl sites for hydroxylation is 1. The molecule has 0 spiro atoms. The highest BCUT2D eigenvalue weighted by atomic mass is 19.2. The minimum atomic E-state index is -1.04. The van der Waals surface area contributed by atoms with Crippen molar-refractivity contribution >= 4 is 11.2 Å². The summed E-state index contributed by atoms with van der Waals surface area (Å²) in [5.41, 5.74) is 5.67. The van der Waals surface area contributed by atoms with E-state index >= 15 is 4.39 Å². The van der Waals surface area contributed by atoms with Crippen LogP contribution in [-0.4, -0.2) is 49.7 Å². The Bertz CT molecular complexity index is 1680. The van der Waals surface area contributed by atoms with Gasteiger partial charge in [-0.15, -0.1) is 0 Å². The largest absolute Gasteiger partial charge is 0.489 e. The molecule has 0 saturated heterocycles. The molecule has 224 valence electrons. The van der Waals surface area contributed by atoms with Gasteiger partial charge in [0, 0.05) is 42.0 Å². The molecule has 4 heterocycles. The van der Waals surface area contributed by atoms with Gasteiger partial charge in [0.15, 0.2) is 11.6 Å². The first kappa shape index (κ1) is 31.1. The monoisotopic (exact) mass is 577 g/mol. The number of nitrogens with zero attached hydrogens (tertiary/aromatic N) is 5. The second-order valence-electron chi connectivity index (χ2n) is 11.6. The molecule has 4 aromatic heterocycles. The molecule has 7 nitrogen and oxygen atoms in total. The Kier molecular flexibility index (Phi) is 9.33. The normalized spacial score (nSPS) is 12.6. The van der Waals surface area contributed by atoms with E-state index in [-0.39, 0.29) is 12.4 Å². The molecule has 0 fully saturated rings. The highest BCUT2D eigenvalue weighted by molar-refractivity contribution is 5.71. The number of fused-ring (bicyclic) bond motifs is 2. The Morgan fingerprint density at radius 1 is 1.07 bits per heavy atom. The van der Waals surface area contributed by atoms with Crippen molar-refractivity contribution in [3.05, 3.63) is 89.1 Å². The topological polar surface area (TPSA) is 67.3 Å². The molecule has 0 aliphatic rings. The summed E-state index contributed by atoms with van der Waals surface area (Å²) >= 11 is 0. The molecule has 0 aliphatic carbocycles. The zero-order valence-electron chi connectivity index (χ0n) is 25.7. The Morgan fingerprint density at radius 2 is 1.81 bits per heavy atom. The molecule has 1 unspecified atom stereocenters. The molecular formula is C33H41F2N5O2. The molecular weight excluding hydrogens is 536 g/mol. The Morgan fingerprint density at radius 3 is 2.50 bits per heavy atom. The van der Waals surface area contributed by atoms with Crippen LogP contribution in [0, 0.1) is 24.0 Å². The number of hydrogen-bond donors (Lipinski definition) is 1. The molecule has 0 aliphatic heterocycles. The number of pyridine rings is 2. The van der Waals surface area contributed by atoms with Gasteiger partial charge in [0.1, 0.15) is 11.8 Å². The summed E-state index contributed by atoms with van der Waals surface area (Å²) in [6.07, 6.45) is 5.05. The fraction of sp³-hybridized carbons (Fsp3) is 0.394. The summed E-state index contributed by atoms with van der Waals surface area (Å²) in [5, 5.41) is 15.8. The van der Waals surface area contributed by atoms with Crippen LogP contribution in [0.15, 0.2) is 55.0 Å². The van der Waals surface area contributed by atoms with Crippen LogP contribution in [0.3, 0.4) is 0 Å². The van der Waals surface area contributed by atoms with Crippen molar-refractivity contribution in [1.82, 2.24) is 23.9 Å². The zero-order valence-corrected chi connectivity index (χ0v) is 25.7. The number of imidazole rings is 1. The summed E-state index contributed by atoms with van der Waals surface area (Å²) in [5.74, 6) is -2.17. The smallest absolute Gasteiger partial charge is 0.201 e. The van der Waals surface area contributed by atoms with Crippen LogP contribution in [0.5, 0.6) is 5.75 Å². The van der Waals surface area contributed by atoms with E-state index in [1.54, 1.807) is 4.52 Å². The number of aromatic nitrogens is 4. The number of rotatable bonds is 8. The minimum absolute atomic E-state index is 0.0616. The lowest BCUT2D eigenvalue weighted by molar-refractivity contribution is 0.0578. The SMILES string of the molecule is CC.Cc1cccn2nc(C(O)C(C)(C)C)c(CCOc3c(-c4ccc5ncc(CN(C)C)n5c4)ccc(F)c3F)c12. The van der Waals surface area contributed by atoms with Gasteiger partial charge in [-0.2, -0.15) is 9.49 Å². The second kappa shape index (κ2) is 12.6. The zero-order chi connectivity index (χ0) is 30.8.